The van der Waals surface area contributed by atoms with Gasteiger partial charge in [-0.2, -0.15) is 4.99 Å². The van der Waals surface area contributed by atoms with E-state index < -0.39 is 22.0 Å². The minimum absolute atomic E-state index is 0.174. The predicted molar refractivity (Wildman–Crippen MR) is 131 cm³/mol. The van der Waals surface area contributed by atoms with Crippen molar-refractivity contribution >= 4 is 43.6 Å². The maximum absolute atomic E-state index is 13.9. The first-order valence-electron chi connectivity index (χ1n) is 10.5. The molecule has 4 aromatic rings. The van der Waals surface area contributed by atoms with E-state index in [0.717, 1.165) is 21.9 Å². The van der Waals surface area contributed by atoms with Crippen molar-refractivity contribution in [3.8, 4) is 0 Å². The van der Waals surface area contributed by atoms with Crippen LogP contribution in [0.1, 0.15) is 32.8 Å². The summed E-state index contributed by atoms with van der Waals surface area (Å²) in [4.78, 5) is 17.4. The lowest BCUT2D eigenvalue weighted by atomic mass is 10.0. The fourth-order valence-electron chi connectivity index (χ4n) is 4.64. The third-order valence-electron chi connectivity index (χ3n) is 6.07. The molecule has 0 spiro atoms. The summed E-state index contributed by atoms with van der Waals surface area (Å²) in [5.74, 6) is -0.460. The second kappa shape index (κ2) is 7.57. The molecule has 2 aliphatic rings. The molecule has 33 heavy (non-hydrogen) atoms. The third kappa shape index (κ3) is 3.11. The fourth-order valence-corrected chi connectivity index (χ4v) is 7.95. The Balaban J connectivity index is 1.54. The molecule has 0 saturated carbocycles. The van der Waals surface area contributed by atoms with Crippen LogP contribution < -0.4 is 0 Å². The van der Waals surface area contributed by atoms with Crippen LogP contribution in [0.2, 0.25) is 0 Å². The van der Waals surface area contributed by atoms with Crippen molar-refractivity contribution in [3.05, 3.63) is 114 Å². The molecule has 4 aromatic carbocycles. The van der Waals surface area contributed by atoms with Crippen molar-refractivity contribution in [2.75, 3.05) is 0 Å². The van der Waals surface area contributed by atoms with Crippen LogP contribution in [0.4, 0.5) is 0 Å². The molecule has 0 bridgehead atoms. The molecule has 5 nitrogen and oxygen atoms in total. The summed E-state index contributed by atoms with van der Waals surface area (Å²) in [6.45, 7) is 0. The van der Waals surface area contributed by atoms with E-state index in [4.69, 9.17) is 0 Å². The molecule has 1 amide bonds. The SMILES string of the molecule is O=C(N=C1S[C@H]2c3cccc4cccc(c34)[C@@H]2N1S(=O)(=O)c1ccccc1)c1ccccc1. The first-order chi connectivity index (χ1) is 16.1. The number of hydrogen-bond donors (Lipinski definition) is 0. The Bertz CT molecular complexity index is 1530. The molecule has 1 heterocycles. The topological polar surface area (TPSA) is 66.8 Å². The second-order valence-corrected chi connectivity index (χ2v) is 10.9. The highest BCUT2D eigenvalue weighted by atomic mass is 32.2. The number of amidine groups is 1. The highest BCUT2D eigenvalue weighted by Gasteiger charge is 2.51. The molecule has 0 N–H and O–H groups in total. The zero-order chi connectivity index (χ0) is 22.6. The maximum Gasteiger partial charge on any atom is 0.279 e. The van der Waals surface area contributed by atoms with Gasteiger partial charge in [-0.3, -0.25) is 4.79 Å². The van der Waals surface area contributed by atoms with Gasteiger partial charge in [0.1, 0.15) is 0 Å². The van der Waals surface area contributed by atoms with Crippen LogP contribution in [0.25, 0.3) is 10.8 Å². The Morgan fingerprint density at radius 3 is 2.12 bits per heavy atom. The average molecular weight is 471 g/mol. The molecule has 0 radical (unpaired) electrons. The molecule has 7 heteroatoms. The minimum Gasteiger partial charge on any atom is -0.267 e. The lowest BCUT2D eigenvalue weighted by Gasteiger charge is -2.25. The monoisotopic (exact) mass is 470 g/mol. The largest absolute Gasteiger partial charge is 0.279 e. The molecule has 2 atom stereocenters. The number of carbonyl (C=O) groups excluding carboxylic acids is 1. The minimum atomic E-state index is -3.95. The third-order valence-corrected chi connectivity index (χ3v) is 9.24. The van der Waals surface area contributed by atoms with Gasteiger partial charge in [-0.05, 0) is 46.2 Å². The standard InChI is InChI=1S/C26H18N2O3S2/c29-25(18-9-3-1-4-10-18)27-26-28(33(30,31)19-13-5-2-6-14-19)23-20-15-7-11-17-12-8-16-21(22(17)20)24(23)32-26/h1-16,23-24H/t23-,24-/m0/s1. The summed E-state index contributed by atoms with van der Waals surface area (Å²) in [6, 6.07) is 28.6. The molecule has 0 aromatic heterocycles. The van der Waals surface area contributed by atoms with Crippen LogP contribution in [0, 0.1) is 0 Å². The lowest BCUT2D eigenvalue weighted by Crippen LogP contribution is -2.34. The van der Waals surface area contributed by atoms with E-state index in [1.165, 1.54) is 16.1 Å². The van der Waals surface area contributed by atoms with E-state index in [0.29, 0.717) is 5.56 Å². The summed E-state index contributed by atoms with van der Waals surface area (Å²) >= 11 is 1.34. The Morgan fingerprint density at radius 2 is 1.42 bits per heavy atom. The normalized spacial score (nSPS) is 20.4. The number of sulfonamides is 1. The highest BCUT2D eigenvalue weighted by Crippen LogP contribution is 2.60. The summed E-state index contributed by atoms with van der Waals surface area (Å²) in [5, 5.41) is 2.20. The van der Waals surface area contributed by atoms with E-state index in [1.54, 1.807) is 54.6 Å². The zero-order valence-corrected chi connectivity index (χ0v) is 19.0. The highest BCUT2D eigenvalue weighted by molar-refractivity contribution is 8.15. The van der Waals surface area contributed by atoms with Crippen molar-refractivity contribution in [2.24, 2.45) is 4.99 Å². The van der Waals surface area contributed by atoms with Crippen molar-refractivity contribution < 1.29 is 13.2 Å². The summed E-state index contributed by atoms with van der Waals surface area (Å²) in [5.41, 5.74) is 2.43. The average Bonchev–Trinajstić information content (AvgIpc) is 3.37. The first-order valence-corrected chi connectivity index (χ1v) is 12.8. The van der Waals surface area contributed by atoms with Gasteiger partial charge >= 0.3 is 0 Å². The number of hydrogen-bond acceptors (Lipinski definition) is 4. The van der Waals surface area contributed by atoms with Crippen molar-refractivity contribution in [1.29, 1.82) is 0 Å². The van der Waals surface area contributed by atoms with Crippen molar-refractivity contribution in [2.45, 2.75) is 16.2 Å². The van der Waals surface area contributed by atoms with Gasteiger partial charge in [-0.25, -0.2) is 12.7 Å². The number of amides is 1. The van der Waals surface area contributed by atoms with E-state index >= 15 is 0 Å². The quantitative estimate of drug-likeness (QED) is 0.393. The van der Waals surface area contributed by atoms with Gasteiger partial charge in [0, 0.05) is 5.56 Å². The van der Waals surface area contributed by atoms with Gasteiger partial charge < -0.3 is 0 Å². The molecule has 1 saturated heterocycles. The Labute approximate surface area is 195 Å². The molecule has 1 aliphatic heterocycles. The predicted octanol–water partition coefficient (Wildman–Crippen LogP) is 5.57. The number of aliphatic imine (C=N–C) groups is 1. The Kier molecular flexibility index (Phi) is 4.64. The molecular formula is C26H18N2O3S2. The zero-order valence-electron chi connectivity index (χ0n) is 17.3. The first kappa shape index (κ1) is 20.2. The molecule has 162 valence electrons. The summed E-state index contributed by atoms with van der Waals surface area (Å²) in [7, 11) is -3.95. The number of nitrogens with zero attached hydrogens (tertiary/aromatic N) is 2. The van der Waals surface area contributed by atoms with Gasteiger partial charge in [0.15, 0.2) is 5.17 Å². The molecule has 1 fully saturated rings. The van der Waals surface area contributed by atoms with Crippen LogP contribution >= 0.6 is 11.8 Å². The van der Waals surface area contributed by atoms with Crippen LogP contribution in [-0.4, -0.2) is 23.8 Å². The number of benzene rings is 4. The van der Waals surface area contributed by atoms with Crippen LogP contribution in [0.15, 0.2) is 107 Å². The Morgan fingerprint density at radius 1 is 0.788 bits per heavy atom. The van der Waals surface area contributed by atoms with E-state index in [-0.39, 0.29) is 15.3 Å². The smallest absolute Gasteiger partial charge is 0.267 e. The van der Waals surface area contributed by atoms with Gasteiger partial charge in [0.2, 0.25) is 0 Å². The fraction of sp³-hybridized carbons (Fsp3) is 0.0769. The second-order valence-electron chi connectivity index (χ2n) is 7.96. The van der Waals surface area contributed by atoms with E-state index in [1.807, 2.05) is 42.5 Å². The molecular weight excluding hydrogens is 452 g/mol. The molecule has 6 rings (SSSR count). The number of rotatable bonds is 3. The van der Waals surface area contributed by atoms with E-state index in [9.17, 15) is 13.2 Å². The molecule has 0 unspecified atom stereocenters. The summed E-state index contributed by atoms with van der Waals surface area (Å²) in [6.07, 6.45) is 0. The number of fused-ring (bicyclic) bond motifs is 3. The van der Waals surface area contributed by atoms with Gasteiger partial charge in [0.25, 0.3) is 15.9 Å². The van der Waals surface area contributed by atoms with Crippen LogP contribution in [-0.2, 0) is 10.0 Å². The molecule has 1 aliphatic carbocycles. The maximum atomic E-state index is 13.9. The van der Waals surface area contributed by atoms with E-state index in [2.05, 4.69) is 4.99 Å². The van der Waals surface area contributed by atoms with Crippen LogP contribution in [0.3, 0.4) is 0 Å². The van der Waals surface area contributed by atoms with Gasteiger partial charge in [-0.1, -0.05) is 84.6 Å². The lowest BCUT2D eigenvalue weighted by molar-refractivity contribution is 0.100. The number of carbonyl (C=O) groups is 1. The number of thioether (sulfide) groups is 1. The summed E-state index contributed by atoms with van der Waals surface area (Å²) < 4.78 is 29.1. The van der Waals surface area contributed by atoms with Gasteiger partial charge in [-0.15, -0.1) is 0 Å². The van der Waals surface area contributed by atoms with Crippen molar-refractivity contribution in [3.63, 3.8) is 0 Å². The van der Waals surface area contributed by atoms with Crippen LogP contribution in [0.5, 0.6) is 0 Å². The van der Waals surface area contributed by atoms with Gasteiger partial charge in [0.05, 0.1) is 16.2 Å². The Hall–Kier alpha value is -3.42. The van der Waals surface area contributed by atoms with Crippen molar-refractivity contribution in [1.82, 2.24) is 4.31 Å².